The van der Waals surface area contributed by atoms with Crippen molar-refractivity contribution in [3.63, 3.8) is 0 Å². The topological polar surface area (TPSA) is 51.2 Å². The molecule has 3 rings (SSSR count). The Morgan fingerprint density at radius 2 is 1.88 bits per heavy atom. The maximum atomic E-state index is 13.7. The maximum Gasteiger partial charge on any atom is 0.417 e. The number of rotatable bonds is 3. The summed E-state index contributed by atoms with van der Waals surface area (Å²) in [5.74, 6) is -1.84. The number of methoxy groups -OCH3 is 1. The van der Waals surface area contributed by atoms with E-state index in [0.29, 0.717) is 0 Å². The molecule has 8 heteroatoms. The highest BCUT2D eigenvalue weighted by Gasteiger charge is 2.37. The Morgan fingerprint density at radius 3 is 2.54 bits per heavy atom. The minimum absolute atomic E-state index is 0.00502. The van der Waals surface area contributed by atoms with Gasteiger partial charge in [-0.25, -0.2) is 4.39 Å². The molecule has 0 saturated carbocycles. The average Bonchev–Trinajstić information content (AvgIpc) is 2.60. The summed E-state index contributed by atoms with van der Waals surface area (Å²) in [5.41, 5.74) is -1.62. The highest BCUT2D eigenvalue weighted by atomic mass is 19.4. The lowest BCUT2D eigenvalue weighted by Gasteiger charge is -2.15. The molecule has 0 unspecified atom stereocenters. The Labute approximate surface area is 145 Å². The third kappa shape index (κ3) is 3.30. The molecular formula is C18H12F4N2O2. The summed E-state index contributed by atoms with van der Waals surface area (Å²) in [5, 5.41) is 2.07. The molecule has 1 amide bonds. The number of carbonyl (C=O) groups is 1. The molecule has 4 nitrogen and oxygen atoms in total. The normalized spacial score (nSPS) is 11.4. The van der Waals surface area contributed by atoms with Gasteiger partial charge in [-0.15, -0.1) is 0 Å². The summed E-state index contributed by atoms with van der Waals surface area (Å²) in [6.45, 7) is 0. The van der Waals surface area contributed by atoms with E-state index in [1.165, 1.54) is 37.4 Å². The number of benzene rings is 2. The summed E-state index contributed by atoms with van der Waals surface area (Å²) in [6.07, 6.45) is -3.90. The van der Waals surface area contributed by atoms with Gasteiger partial charge in [0.05, 0.1) is 23.8 Å². The van der Waals surface area contributed by atoms with Crippen LogP contribution in [0.2, 0.25) is 0 Å². The van der Waals surface area contributed by atoms with Crippen molar-refractivity contribution < 1.29 is 27.1 Å². The molecule has 0 bridgehead atoms. The van der Waals surface area contributed by atoms with Gasteiger partial charge in [-0.3, -0.25) is 9.78 Å². The minimum Gasteiger partial charge on any atom is -0.494 e. The maximum absolute atomic E-state index is 13.7. The van der Waals surface area contributed by atoms with Crippen LogP contribution in [0.25, 0.3) is 10.9 Å². The van der Waals surface area contributed by atoms with Crippen molar-refractivity contribution in [3.05, 3.63) is 65.6 Å². The second kappa shape index (κ2) is 6.62. The summed E-state index contributed by atoms with van der Waals surface area (Å²) in [4.78, 5) is 16.3. The highest BCUT2D eigenvalue weighted by Crippen LogP contribution is 2.37. The van der Waals surface area contributed by atoms with Crippen LogP contribution in [-0.4, -0.2) is 18.0 Å². The van der Waals surface area contributed by atoms with Gasteiger partial charge in [0.1, 0.15) is 0 Å². The zero-order valence-corrected chi connectivity index (χ0v) is 13.4. The van der Waals surface area contributed by atoms with Gasteiger partial charge in [0.25, 0.3) is 5.91 Å². The van der Waals surface area contributed by atoms with Crippen LogP contribution >= 0.6 is 0 Å². The second-order valence-electron chi connectivity index (χ2n) is 5.37. The molecule has 0 spiro atoms. The number of ether oxygens (including phenoxy) is 1. The van der Waals surface area contributed by atoms with Gasteiger partial charge in [0.2, 0.25) is 0 Å². The lowest BCUT2D eigenvalue weighted by Crippen LogP contribution is -2.20. The molecule has 0 aliphatic carbocycles. The monoisotopic (exact) mass is 364 g/mol. The van der Waals surface area contributed by atoms with Gasteiger partial charge in [-0.1, -0.05) is 18.2 Å². The van der Waals surface area contributed by atoms with E-state index in [1.807, 2.05) is 0 Å². The molecule has 0 atom stereocenters. The minimum atomic E-state index is -4.76. The zero-order valence-electron chi connectivity index (χ0n) is 13.4. The molecule has 0 aliphatic rings. The summed E-state index contributed by atoms with van der Waals surface area (Å²) >= 11 is 0. The van der Waals surface area contributed by atoms with Gasteiger partial charge in [0, 0.05) is 23.3 Å². The molecular weight excluding hydrogens is 352 g/mol. The van der Waals surface area contributed by atoms with Crippen molar-refractivity contribution in [1.29, 1.82) is 0 Å². The number of alkyl halides is 3. The van der Waals surface area contributed by atoms with E-state index in [4.69, 9.17) is 4.74 Å². The molecule has 1 N–H and O–H groups in total. The standard InChI is InChI=1S/C18H12F4N2O2/c1-26-15-7-6-10(8-13(15)19)24-17(25)12-9-23-14-5-3-2-4-11(14)16(12)18(20,21)22/h2-9H,1H3,(H,24,25). The van der Waals surface area contributed by atoms with Crippen molar-refractivity contribution in [2.75, 3.05) is 12.4 Å². The Hall–Kier alpha value is -3.16. The van der Waals surface area contributed by atoms with Gasteiger partial charge in [0.15, 0.2) is 11.6 Å². The molecule has 26 heavy (non-hydrogen) atoms. The van der Waals surface area contributed by atoms with Gasteiger partial charge in [-0.2, -0.15) is 13.2 Å². The van der Waals surface area contributed by atoms with Crippen LogP contribution in [0.4, 0.5) is 23.2 Å². The average molecular weight is 364 g/mol. The molecule has 0 aliphatic heterocycles. The summed E-state index contributed by atoms with van der Waals surface area (Å²) in [7, 11) is 1.27. The number of hydrogen-bond donors (Lipinski definition) is 1. The Morgan fingerprint density at radius 1 is 1.15 bits per heavy atom. The number of carbonyl (C=O) groups excluding carboxylic acids is 1. The van der Waals surface area contributed by atoms with Crippen LogP contribution in [0.3, 0.4) is 0 Å². The van der Waals surface area contributed by atoms with E-state index >= 15 is 0 Å². The zero-order chi connectivity index (χ0) is 18.9. The van der Waals surface area contributed by atoms with Crippen molar-refractivity contribution in [2.24, 2.45) is 0 Å². The number of pyridine rings is 1. The largest absolute Gasteiger partial charge is 0.494 e. The number of halogens is 4. The molecule has 3 aromatic rings. The highest BCUT2D eigenvalue weighted by molar-refractivity contribution is 6.07. The smallest absolute Gasteiger partial charge is 0.417 e. The van der Waals surface area contributed by atoms with Crippen molar-refractivity contribution in [2.45, 2.75) is 6.18 Å². The number of amides is 1. The van der Waals surface area contributed by atoms with Crippen molar-refractivity contribution >= 4 is 22.5 Å². The van der Waals surface area contributed by atoms with Crippen LogP contribution in [0.15, 0.2) is 48.7 Å². The number of aromatic nitrogens is 1. The predicted octanol–water partition coefficient (Wildman–Crippen LogP) is 4.65. The number of nitrogens with zero attached hydrogens (tertiary/aromatic N) is 1. The lowest BCUT2D eigenvalue weighted by molar-refractivity contribution is -0.136. The summed E-state index contributed by atoms with van der Waals surface area (Å²) < 4.78 is 59.1. The second-order valence-corrected chi connectivity index (χ2v) is 5.37. The van der Waals surface area contributed by atoms with E-state index in [9.17, 15) is 22.4 Å². The molecule has 0 saturated heterocycles. The number of hydrogen-bond acceptors (Lipinski definition) is 3. The molecule has 134 valence electrons. The third-order valence-electron chi connectivity index (χ3n) is 3.71. The van der Waals surface area contributed by atoms with E-state index in [-0.39, 0.29) is 22.3 Å². The van der Waals surface area contributed by atoms with E-state index in [2.05, 4.69) is 10.3 Å². The van der Waals surface area contributed by atoms with Gasteiger partial charge in [-0.05, 0) is 18.2 Å². The first-order chi connectivity index (χ1) is 12.3. The number of para-hydroxylation sites is 1. The van der Waals surface area contributed by atoms with Gasteiger partial charge >= 0.3 is 6.18 Å². The molecule has 1 aromatic heterocycles. The van der Waals surface area contributed by atoms with Gasteiger partial charge < -0.3 is 10.1 Å². The first-order valence-electron chi connectivity index (χ1n) is 7.41. The molecule has 0 fully saturated rings. The number of nitrogens with one attached hydrogen (secondary N) is 1. The summed E-state index contributed by atoms with van der Waals surface area (Å²) in [6, 6.07) is 9.18. The van der Waals surface area contributed by atoms with Crippen molar-refractivity contribution in [1.82, 2.24) is 4.98 Å². The van der Waals surface area contributed by atoms with E-state index in [1.54, 1.807) is 6.07 Å². The first kappa shape index (κ1) is 17.7. The SMILES string of the molecule is COc1ccc(NC(=O)c2cnc3ccccc3c2C(F)(F)F)cc1F. The quantitative estimate of drug-likeness (QED) is 0.688. The predicted molar refractivity (Wildman–Crippen MR) is 87.7 cm³/mol. The molecule has 0 radical (unpaired) electrons. The van der Waals surface area contributed by atoms with Crippen LogP contribution in [0, 0.1) is 5.82 Å². The van der Waals surface area contributed by atoms with Crippen LogP contribution in [0.1, 0.15) is 15.9 Å². The number of fused-ring (bicyclic) bond motifs is 1. The fraction of sp³-hybridized carbons (Fsp3) is 0.111. The van der Waals surface area contributed by atoms with Crippen molar-refractivity contribution in [3.8, 4) is 5.75 Å². The molecule has 1 heterocycles. The molecule has 2 aromatic carbocycles. The Kier molecular flexibility index (Phi) is 4.50. The fourth-order valence-corrected chi connectivity index (χ4v) is 2.56. The van der Waals surface area contributed by atoms with Crippen LogP contribution < -0.4 is 10.1 Å². The van der Waals surface area contributed by atoms with E-state index in [0.717, 1.165) is 12.3 Å². The first-order valence-corrected chi connectivity index (χ1v) is 7.41. The Balaban J connectivity index is 2.04. The fourth-order valence-electron chi connectivity index (χ4n) is 2.56. The third-order valence-corrected chi connectivity index (χ3v) is 3.71. The lowest BCUT2D eigenvalue weighted by atomic mass is 10.0. The number of anilines is 1. The Bertz CT molecular complexity index is 987. The van der Waals surface area contributed by atoms with Crippen LogP contribution in [0.5, 0.6) is 5.75 Å². The van der Waals surface area contributed by atoms with E-state index < -0.39 is 29.0 Å². The van der Waals surface area contributed by atoms with Crippen LogP contribution in [-0.2, 0) is 6.18 Å².